The normalized spacial score (nSPS) is 25.9. The highest BCUT2D eigenvalue weighted by Gasteiger charge is 2.54. The van der Waals surface area contributed by atoms with Crippen LogP contribution in [0.25, 0.3) is 0 Å². The maximum Gasteiger partial charge on any atom is 0.229 e. The van der Waals surface area contributed by atoms with Gasteiger partial charge in [-0.1, -0.05) is 67.4 Å². The largest absolute Gasteiger partial charge is 0.330 e. The highest BCUT2D eigenvalue weighted by molar-refractivity contribution is 7.99. The van der Waals surface area contributed by atoms with E-state index in [0.29, 0.717) is 23.3 Å². The van der Waals surface area contributed by atoms with Gasteiger partial charge in [-0.15, -0.1) is 6.58 Å². The molecule has 2 fully saturated rings. The van der Waals surface area contributed by atoms with Crippen LogP contribution < -0.4 is 0 Å². The molecule has 3 unspecified atom stereocenters. The zero-order valence-corrected chi connectivity index (χ0v) is 22.5. The number of thioether (sulfide) groups is 1. The first-order valence-corrected chi connectivity index (χ1v) is 14.4. The van der Waals surface area contributed by atoms with Gasteiger partial charge in [-0.3, -0.25) is 4.79 Å². The Morgan fingerprint density at radius 1 is 1.12 bits per heavy atom. The van der Waals surface area contributed by atoms with Crippen molar-refractivity contribution in [2.24, 2.45) is 11.3 Å². The summed E-state index contributed by atoms with van der Waals surface area (Å²) in [5, 5.41) is 1.45. The van der Waals surface area contributed by atoms with Gasteiger partial charge in [0.2, 0.25) is 5.91 Å². The molecule has 4 atom stereocenters. The van der Waals surface area contributed by atoms with Crippen molar-refractivity contribution in [1.29, 1.82) is 0 Å². The Morgan fingerprint density at radius 2 is 1.85 bits per heavy atom. The SMILES string of the molecule is C=CCC1(CC)CC(c2cccc(Cl)c2)C(c2ccc(Cl)cc2)N([C@H](CSCC)C2CC2)C1=O. The van der Waals surface area contributed by atoms with Crippen LogP contribution in [0.2, 0.25) is 10.0 Å². The fourth-order valence-electron chi connectivity index (χ4n) is 5.71. The van der Waals surface area contributed by atoms with Crippen LogP contribution in [0.4, 0.5) is 0 Å². The first kappa shape index (κ1) is 25.7. The summed E-state index contributed by atoms with van der Waals surface area (Å²) < 4.78 is 0. The molecular formula is C29H35Cl2NOS. The predicted molar refractivity (Wildman–Crippen MR) is 147 cm³/mol. The lowest BCUT2D eigenvalue weighted by molar-refractivity contribution is -0.156. The number of rotatable bonds is 10. The average Bonchev–Trinajstić information content (AvgIpc) is 3.67. The smallest absolute Gasteiger partial charge is 0.229 e. The predicted octanol–water partition coefficient (Wildman–Crippen LogP) is 8.55. The molecule has 1 aliphatic carbocycles. The van der Waals surface area contributed by atoms with Gasteiger partial charge < -0.3 is 4.90 Å². The Balaban J connectivity index is 1.90. The summed E-state index contributed by atoms with van der Waals surface area (Å²) in [4.78, 5) is 16.8. The molecule has 0 bridgehead atoms. The third-order valence-corrected chi connectivity index (χ3v) is 9.17. The van der Waals surface area contributed by atoms with E-state index in [1.807, 2.05) is 42.1 Å². The van der Waals surface area contributed by atoms with E-state index in [2.05, 4.69) is 49.6 Å². The summed E-state index contributed by atoms with van der Waals surface area (Å²) in [5.74, 6) is 3.05. The number of amides is 1. The number of benzene rings is 2. The van der Waals surface area contributed by atoms with Gasteiger partial charge >= 0.3 is 0 Å². The molecule has 0 spiro atoms. The second-order valence-electron chi connectivity index (χ2n) is 9.77. The van der Waals surface area contributed by atoms with Crippen molar-refractivity contribution in [3.63, 3.8) is 0 Å². The summed E-state index contributed by atoms with van der Waals surface area (Å²) >= 11 is 14.7. The minimum absolute atomic E-state index is 0.0456. The van der Waals surface area contributed by atoms with E-state index in [0.717, 1.165) is 34.9 Å². The second kappa shape index (κ2) is 11.1. The first-order chi connectivity index (χ1) is 16.4. The molecule has 2 aromatic carbocycles. The summed E-state index contributed by atoms with van der Waals surface area (Å²) in [6.45, 7) is 8.39. The molecule has 4 rings (SSSR count). The molecule has 5 heteroatoms. The number of carbonyl (C=O) groups excluding carboxylic acids is 1. The number of hydrogen-bond donors (Lipinski definition) is 0. The molecule has 1 heterocycles. The van der Waals surface area contributed by atoms with Crippen LogP contribution >= 0.6 is 35.0 Å². The van der Waals surface area contributed by atoms with E-state index in [4.69, 9.17) is 23.2 Å². The van der Waals surface area contributed by atoms with Crippen LogP contribution in [0.15, 0.2) is 61.2 Å². The zero-order chi connectivity index (χ0) is 24.3. The molecular weight excluding hydrogens is 481 g/mol. The van der Waals surface area contributed by atoms with E-state index in [1.54, 1.807) is 0 Å². The van der Waals surface area contributed by atoms with Crippen molar-refractivity contribution in [1.82, 2.24) is 4.90 Å². The van der Waals surface area contributed by atoms with Crippen molar-refractivity contribution >= 4 is 40.9 Å². The summed E-state index contributed by atoms with van der Waals surface area (Å²) in [7, 11) is 0. The number of halogens is 2. The van der Waals surface area contributed by atoms with Gasteiger partial charge in [0.25, 0.3) is 0 Å². The van der Waals surface area contributed by atoms with Gasteiger partial charge in [-0.2, -0.15) is 11.8 Å². The lowest BCUT2D eigenvalue weighted by Crippen LogP contribution is -2.57. The standard InChI is InChI=1S/C29H35Cl2NOS/c1-4-16-29(5-2)18-25(22-8-7-9-24(31)17-22)27(21-12-14-23(30)15-13-21)32(28(29)33)26(19-34-6-3)20-10-11-20/h4,7-9,12-15,17,20,25-27H,1,5-6,10-11,16,18-19H2,2-3H3/t25?,26-,27?,29?/m1/s1. The number of hydrogen-bond acceptors (Lipinski definition) is 2. The quantitative estimate of drug-likeness (QED) is 0.295. The van der Waals surface area contributed by atoms with E-state index < -0.39 is 5.41 Å². The fourth-order valence-corrected chi connectivity index (χ4v) is 6.95. The summed E-state index contributed by atoms with van der Waals surface area (Å²) in [5.41, 5.74) is 1.91. The average molecular weight is 517 g/mol. The van der Waals surface area contributed by atoms with Crippen LogP contribution in [-0.2, 0) is 4.79 Å². The molecule has 2 aliphatic rings. The fraction of sp³-hybridized carbons (Fsp3) is 0.483. The van der Waals surface area contributed by atoms with Gasteiger partial charge in [-0.25, -0.2) is 0 Å². The Hall–Kier alpha value is -1.42. The Labute approximate surface area is 219 Å². The van der Waals surface area contributed by atoms with E-state index in [1.165, 1.54) is 18.4 Å². The van der Waals surface area contributed by atoms with Crippen molar-refractivity contribution < 1.29 is 4.79 Å². The number of carbonyl (C=O) groups is 1. The summed E-state index contributed by atoms with van der Waals surface area (Å²) in [6, 6.07) is 16.5. The van der Waals surface area contributed by atoms with Crippen molar-refractivity contribution in [3.05, 3.63) is 82.4 Å². The van der Waals surface area contributed by atoms with Crippen LogP contribution in [0.1, 0.15) is 69.0 Å². The molecule has 2 aromatic rings. The Morgan fingerprint density at radius 3 is 2.44 bits per heavy atom. The molecule has 2 nitrogen and oxygen atoms in total. The van der Waals surface area contributed by atoms with E-state index in [9.17, 15) is 4.79 Å². The second-order valence-corrected chi connectivity index (χ2v) is 12.0. The van der Waals surface area contributed by atoms with Gasteiger partial charge in [-0.05, 0) is 79.2 Å². The van der Waals surface area contributed by atoms with Gasteiger partial charge in [0.1, 0.15) is 0 Å². The molecule has 1 aliphatic heterocycles. The third kappa shape index (κ3) is 5.22. The maximum absolute atomic E-state index is 14.5. The van der Waals surface area contributed by atoms with Crippen molar-refractivity contribution in [2.45, 2.75) is 64.0 Å². The van der Waals surface area contributed by atoms with Crippen LogP contribution in [0.5, 0.6) is 0 Å². The summed E-state index contributed by atoms with van der Waals surface area (Å²) in [6.07, 6.45) is 6.63. The molecule has 1 saturated heterocycles. The first-order valence-electron chi connectivity index (χ1n) is 12.5. The molecule has 1 amide bonds. The number of piperidine rings is 1. The monoisotopic (exact) mass is 515 g/mol. The van der Waals surface area contributed by atoms with Gasteiger partial charge in [0, 0.05) is 27.8 Å². The van der Waals surface area contributed by atoms with E-state index in [-0.39, 0.29) is 18.0 Å². The van der Waals surface area contributed by atoms with Crippen LogP contribution in [-0.4, -0.2) is 28.4 Å². The van der Waals surface area contributed by atoms with Crippen molar-refractivity contribution in [2.75, 3.05) is 11.5 Å². The molecule has 0 N–H and O–H groups in total. The lowest BCUT2D eigenvalue weighted by Gasteiger charge is -2.53. The van der Waals surface area contributed by atoms with Crippen LogP contribution in [0, 0.1) is 11.3 Å². The molecule has 0 radical (unpaired) electrons. The van der Waals surface area contributed by atoms with E-state index >= 15 is 0 Å². The molecule has 34 heavy (non-hydrogen) atoms. The van der Waals surface area contributed by atoms with Gasteiger partial charge in [0.15, 0.2) is 0 Å². The third-order valence-electron chi connectivity index (χ3n) is 7.70. The Kier molecular flexibility index (Phi) is 8.38. The minimum Gasteiger partial charge on any atom is -0.330 e. The number of nitrogens with zero attached hydrogens (tertiary/aromatic N) is 1. The number of likely N-dealkylation sites (tertiary alicyclic amines) is 1. The molecule has 0 aromatic heterocycles. The lowest BCUT2D eigenvalue weighted by atomic mass is 9.65. The van der Waals surface area contributed by atoms with Gasteiger partial charge in [0.05, 0.1) is 11.5 Å². The van der Waals surface area contributed by atoms with Crippen LogP contribution in [0.3, 0.4) is 0 Å². The molecule has 1 saturated carbocycles. The minimum atomic E-state index is -0.443. The highest BCUT2D eigenvalue weighted by atomic mass is 35.5. The van der Waals surface area contributed by atoms with Crippen molar-refractivity contribution in [3.8, 4) is 0 Å². The topological polar surface area (TPSA) is 20.3 Å². The zero-order valence-electron chi connectivity index (χ0n) is 20.2. The number of allylic oxidation sites excluding steroid dienone is 1. The molecule has 182 valence electrons. The highest BCUT2D eigenvalue weighted by Crippen LogP contribution is 2.55. The Bertz CT molecular complexity index is 1010. The maximum atomic E-state index is 14.5.